The lowest BCUT2D eigenvalue weighted by Gasteiger charge is -2.35. The zero-order chi connectivity index (χ0) is 18.6. The number of nitrogens with zero attached hydrogens (tertiary/aromatic N) is 3. The standard InChI is InChI=1S/C23H19N3O/c1-17(27)26-22(19-13-7-3-8-14-19)21(18-11-5-2-6-12-18)24-25-23(26)20-15-9-4-10-16-20/h2-16,22H,1H3. The molecule has 3 aromatic rings. The quantitative estimate of drug-likeness (QED) is 0.686. The van der Waals surface area contributed by atoms with Crippen molar-refractivity contribution in [3.8, 4) is 0 Å². The van der Waals surface area contributed by atoms with E-state index in [1.165, 1.54) is 0 Å². The van der Waals surface area contributed by atoms with E-state index in [1.54, 1.807) is 11.8 Å². The molecule has 1 unspecified atom stereocenters. The van der Waals surface area contributed by atoms with Gasteiger partial charge in [-0.1, -0.05) is 91.0 Å². The highest BCUT2D eigenvalue weighted by atomic mass is 16.2. The third kappa shape index (κ3) is 3.29. The number of amides is 1. The lowest BCUT2D eigenvalue weighted by atomic mass is 9.93. The molecule has 4 heteroatoms. The minimum atomic E-state index is -0.334. The summed E-state index contributed by atoms with van der Waals surface area (Å²) in [5.41, 5.74) is 3.58. The van der Waals surface area contributed by atoms with Gasteiger partial charge in [-0.05, 0) is 5.56 Å². The first-order chi connectivity index (χ1) is 13.3. The third-order valence-corrected chi connectivity index (χ3v) is 4.55. The summed E-state index contributed by atoms with van der Waals surface area (Å²) in [5.74, 6) is 0.492. The Bertz CT molecular complexity index is 996. The predicted molar refractivity (Wildman–Crippen MR) is 108 cm³/mol. The molecule has 0 bridgehead atoms. The smallest absolute Gasteiger partial charge is 0.225 e. The molecule has 3 aromatic carbocycles. The molecule has 1 amide bonds. The van der Waals surface area contributed by atoms with Crippen LogP contribution >= 0.6 is 0 Å². The van der Waals surface area contributed by atoms with E-state index in [0.29, 0.717) is 5.84 Å². The van der Waals surface area contributed by atoms with Crippen molar-refractivity contribution in [3.63, 3.8) is 0 Å². The molecule has 0 aliphatic carbocycles. The number of rotatable bonds is 3. The maximum Gasteiger partial charge on any atom is 0.225 e. The van der Waals surface area contributed by atoms with Crippen molar-refractivity contribution in [2.45, 2.75) is 13.0 Å². The van der Waals surface area contributed by atoms with Gasteiger partial charge in [-0.2, -0.15) is 5.10 Å². The van der Waals surface area contributed by atoms with E-state index < -0.39 is 0 Å². The van der Waals surface area contributed by atoms with Crippen LogP contribution in [0.25, 0.3) is 0 Å². The topological polar surface area (TPSA) is 45.0 Å². The molecule has 132 valence electrons. The molecule has 1 aliphatic heterocycles. The molecule has 1 atom stereocenters. The number of carbonyl (C=O) groups excluding carboxylic acids is 1. The van der Waals surface area contributed by atoms with Crippen LogP contribution < -0.4 is 0 Å². The van der Waals surface area contributed by atoms with Crippen molar-refractivity contribution in [1.29, 1.82) is 0 Å². The molecular formula is C23H19N3O. The van der Waals surface area contributed by atoms with Crippen LogP contribution in [0, 0.1) is 0 Å². The van der Waals surface area contributed by atoms with E-state index >= 15 is 0 Å². The molecule has 0 saturated carbocycles. The monoisotopic (exact) mass is 353 g/mol. The zero-order valence-corrected chi connectivity index (χ0v) is 15.0. The molecule has 0 aromatic heterocycles. The van der Waals surface area contributed by atoms with Gasteiger partial charge in [0.05, 0.1) is 5.71 Å². The number of benzene rings is 3. The van der Waals surface area contributed by atoms with Gasteiger partial charge in [-0.3, -0.25) is 9.69 Å². The highest BCUT2D eigenvalue weighted by Gasteiger charge is 2.35. The molecule has 1 aliphatic rings. The summed E-state index contributed by atoms with van der Waals surface area (Å²) in [5, 5.41) is 9.00. The Morgan fingerprint density at radius 1 is 0.741 bits per heavy atom. The SMILES string of the molecule is CC(=O)N1C(c2ccccc2)=NN=C(c2ccccc2)C1c1ccccc1. The second kappa shape index (κ2) is 7.38. The second-order valence-electron chi connectivity index (χ2n) is 6.34. The molecule has 0 fully saturated rings. The maximum absolute atomic E-state index is 12.7. The average molecular weight is 353 g/mol. The van der Waals surface area contributed by atoms with Crippen molar-refractivity contribution in [2.24, 2.45) is 10.2 Å². The minimum Gasteiger partial charge on any atom is -0.282 e. The lowest BCUT2D eigenvalue weighted by Crippen LogP contribution is -2.44. The van der Waals surface area contributed by atoms with Gasteiger partial charge in [0.2, 0.25) is 5.91 Å². The van der Waals surface area contributed by atoms with Crippen molar-refractivity contribution in [2.75, 3.05) is 0 Å². The van der Waals surface area contributed by atoms with Crippen LogP contribution in [0.15, 0.2) is 101 Å². The van der Waals surface area contributed by atoms with Crippen LogP contribution in [0.2, 0.25) is 0 Å². The highest BCUT2D eigenvalue weighted by molar-refractivity contribution is 6.16. The average Bonchev–Trinajstić information content (AvgIpc) is 2.74. The van der Waals surface area contributed by atoms with Crippen LogP contribution in [0.5, 0.6) is 0 Å². The van der Waals surface area contributed by atoms with Crippen molar-refractivity contribution in [3.05, 3.63) is 108 Å². The summed E-state index contributed by atoms with van der Waals surface area (Å²) in [6.07, 6.45) is 0. The van der Waals surface area contributed by atoms with Gasteiger partial charge in [0.15, 0.2) is 5.84 Å². The van der Waals surface area contributed by atoms with E-state index in [9.17, 15) is 4.79 Å². The molecule has 4 rings (SSSR count). The van der Waals surface area contributed by atoms with E-state index in [1.807, 2.05) is 91.0 Å². The van der Waals surface area contributed by atoms with Crippen molar-refractivity contribution in [1.82, 2.24) is 4.90 Å². The van der Waals surface area contributed by atoms with Crippen LogP contribution in [0.1, 0.15) is 29.7 Å². The first-order valence-electron chi connectivity index (χ1n) is 8.87. The van der Waals surface area contributed by atoms with Gasteiger partial charge in [0.1, 0.15) is 6.04 Å². The van der Waals surface area contributed by atoms with Crippen LogP contribution in [-0.2, 0) is 4.79 Å². The van der Waals surface area contributed by atoms with Crippen LogP contribution in [0.4, 0.5) is 0 Å². The molecule has 4 nitrogen and oxygen atoms in total. The van der Waals surface area contributed by atoms with Gasteiger partial charge in [-0.15, -0.1) is 5.10 Å². The second-order valence-corrected chi connectivity index (χ2v) is 6.34. The van der Waals surface area contributed by atoms with Crippen molar-refractivity contribution < 1.29 is 4.79 Å². The third-order valence-electron chi connectivity index (χ3n) is 4.55. The summed E-state index contributed by atoms with van der Waals surface area (Å²) in [6.45, 7) is 1.57. The van der Waals surface area contributed by atoms with E-state index in [-0.39, 0.29) is 11.9 Å². The fraction of sp³-hybridized carbons (Fsp3) is 0.0870. The number of hydrogen-bond donors (Lipinski definition) is 0. The van der Waals surface area contributed by atoms with E-state index in [0.717, 1.165) is 22.4 Å². The van der Waals surface area contributed by atoms with E-state index in [4.69, 9.17) is 0 Å². The Labute approximate surface area is 158 Å². The first kappa shape index (κ1) is 16.9. The van der Waals surface area contributed by atoms with Crippen LogP contribution in [-0.4, -0.2) is 22.4 Å². The predicted octanol–water partition coefficient (Wildman–Crippen LogP) is 4.44. The van der Waals surface area contributed by atoms with Gasteiger partial charge < -0.3 is 0 Å². The lowest BCUT2D eigenvalue weighted by molar-refractivity contribution is -0.126. The van der Waals surface area contributed by atoms with Crippen LogP contribution in [0.3, 0.4) is 0 Å². The van der Waals surface area contributed by atoms with E-state index in [2.05, 4.69) is 10.2 Å². The molecule has 0 spiro atoms. The number of carbonyl (C=O) groups is 1. The molecule has 1 heterocycles. The van der Waals surface area contributed by atoms with Gasteiger partial charge in [0, 0.05) is 18.1 Å². The fourth-order valence-electron chi connectivity index (χ4n) is 3.33. The van der Waals surface area contributed by atoms with Crippen molar-refractivity contribution >= 4 is 17.5 Å². The highest BCUT2D eigenvalue weighted by Crippen LogP contribution is 2.31. The van der Waals surface area contributed by atoms with Gasteiger partial charge in [0.25, 0.3) is 0 Å². The Morgan fingerprint density at radius 3 is 1.81 bits per heavy atom. The molecular weight excluding hydrogens is 334 g/mol. The molecule has 0 saturated heterocycles. The normalized spacial score (nSPS) is 16.5. The summed E-state index contributed by atoms with van der Waals surface area (Å²) in [4.78, 5) is 14.5. The number of amidine groups is 1. The first-order valence-corrected chi connectivity index (χ1v) is 8.87. The summed E-state index contributed by atoms with van der Waals surface area (Å²) < 4.78 is 0. The minimum absolute atomic E-state index is 0.0743. The number of hydrogen-bond acceptors (Lipinski definition) is 3. The summed E-state index contributed by atoms with van der Waals surface area (Å²) in [7, 11) is 0. The summed E-state index contributed by atoms with van der Waals surface area (Å²) >= 11 is 0. The molecule has 27 heavy (non-hydrogen) atoms. The Hall–Kier alpha value is -3.53. The Balaban J connectivity index is 1.92. The molecule has 0 N–H and O–H groups in total. The van der Waals surface area contributed by atoms with Gasteiger partial charge in [-0.25, -0.2) is 0 Å². The summed E-state index contributed by atoms with van der Waals surface area (Å²) in [6, 6.07) is 29.2. The molecule has 0 radical (unpaired) electrons. The Morgan fingerprint density at radius 2 is 1.26 bits per heavy atom. The Kier molecular flexibility index (Phi) is 4.62. The maximum atomic E-state index is 12.7. The largest absolute Gasteiger partial charge is 0.282 e. The fourth-order valence-corrected chi connectivity index (χ4v) is 3.33. The zero-order valence-electron chi connectivity index (χ0n) is 15.0. The van der Waals surface area contributed by atoms with Gasteiger partial charge >= 0.3 is 0 Å².